The standard InChI is InChI=1S/C24H24N4OS2/c1-15-11-22(26-23(29)12-16-7-9-19(30-2)10-8-16)28(27-15)24-25-20-13-17-5-3-4-6-18(17)14-21(20)31-24/h7-11,13-14H,3-6,12H2,1-2H3,(H,26,29). The fourth-order valence-electron chi connectivity index (χ4n) is 4.08. The lowest BCUT2D eigenvalue weighted by atomic mass is 9.92. The van der Waals surface area contributed by atoms with E-state index in [0.29, 0.717) is 12.2 Å². The number of rotatable bonds is 5. The summed E-state index contributed by atoms with van der Waals surface area (Å²) < 4.78 is 2.93. The Bertz CT molecular complexity index is 1210. The van der Waals surface area contributed by atoms with Gasteiger partial charge in [-0.05, 0) is 79.8 Å². The lowest BCUT2D eigenvalue weighted by Crippen LogP contribution is -2.17. The van der Waals surface area contributed by atoms with Crippen molar-refractivity contribution in [3.05, 3.63) is 64.8 Å². The van der Waals surface area contributed by atoms with Crippen LogP contribution in [0.25, 0.3) is 15.3 Å². The number of anilines is 1. The summed E-state index contributed by atoms with van der Waals surface area (Å²) in [7, 11) is 0. The lowest BCUT2D eigenvalue weighted by Gasteiger charge is -2.14. The fraction of sp³-hybridized carbons (Fsp3) is 0.292. The second kappa shape index (κ2) is 8.48. The molecule has 1 amide bonds. The summed E-state index contributed by atoms with van der Waals surface area (Å²) in [6, 6.07) is 14.5. The van der Waals surface area contributed by atoms with Gasteiger partial charge in [0.05, 0.1) is 22.3 Å². The van der Waals surface area contributed by atoms with E-state index in [2.05, 4.69) is 22.5 Å². The molecule has 1 aliphatic carbocycles. The van der Waals surface area contributed by atoms with Crippen molar-refractivity contribution in [2.45, 2.75) is 43.9 Å². The lowest BCUT2D eigenvalue weighted by molar-refractivity contribution is -0.115. The molecule has 1 aliphatic rings. The van der Waals surface area contributed by atoms with Crippen LogP contribution in [0.1, 0.15) is 35.2 Å². The number of thioether (sulfide) groups is 1. The smallest absolute Gasteiger partial charge is 0.229 e. The molecule has 4 aromatic rings. The fourth-order valence-corrected chi connectivity index (χ4v) is 5.47. The molecule has 158 valence electrons. The van der Waals surface area contributed by atoms with Gasteiger partial charge in [-0.3, -0.25) is 4.79 Å². The number of fused-ring (bicyclic) bond motifs is 2. The summed E-state index contributed by atoms with van der Waals surface area (Å²) in [6.45, 7) is 1.93. The number of benzene rings is 2. The maximum atomic E-state index is 12.7. The molecule has 31 heavy (non-hydrogen) atoms. The summed E-state index contributed by atoms with van der Waals surface area (Å²) in [4.78, 5) is 18.7. The first-order chi connectivity index (χ1) is 15.1. The maximum Gasteiger partial charge on any atom is 0.229 e. The van der Waals surface area contributed by atoms with Crippen molar-refractivity contribution in [1.29, 1.82) is 0 Å². The van der Waals surface area contributed by atoms with Gasteiger partial charge in [-0.1, -0.05) is 23.5 Å². The van der Waals surface area contributed by atoms with Gasteiger partial charge >= 0.3 is 0 Å². The van der Waals surface area contributed by atoms with Gasteiger partial charge in [-0.2, -0.15) is 9.78 Å². The Hall–Kier alpha value is -2.64. The molecule has 0 saturated carbocycles. The van der Waals surface area contributed by atoms with Gasteiger partial charge < -0.3 is 5.32 Å². The van der Waals surface area contributed by atoms with Gasteiger partial charge in [-0.15, -0.1) is 11.8 Å². The van der Waals surface area contributed by atoms with Crippen molar-refractivity contribution in [2.75, 3.05) is 11.6 Å². The molecule has 2 aromatic carbocycles. The monoisotopic (exact) mass is 448 g/mol. The minimum atomic E-state index is -0.0605. The van der Waals surface area contributed by atoms with Crippen LogP contribution in [0.2, 0.25) is 0 Å². The largest absolute Gasteiger partial charge is 0.310 e. The number of nitrogens with one attached hydrogen (secondary N) is 1. The van der Waals surface area contributed by atoms with Gasteiger partial charge in [-0.25, -0.2) is 4.98 Å². The molecule has 0 atom stereocenters. The summed E-state index contributed by atoms with van der Waals surface area (Å²) in [5.41, 5.74) is 5.72. The number of thiazole rings is 1. The second-order valence-corrected chi connectivity index (χ2v) is 9.84. The minimum absolute atomic E-state index is 0.0605. The first-order valence-corrected chi connectivity index (χ1v) is 12.6. The average molecular weight is 449 g/mol. The predicted molar refractivity (Wildman–Crippen MR) is 129 cm³/mol. The molecule has 5 rings (SSSR count). The molecule has 0 spiro atoms. The van der Waals surface area contributed by atoms with E-state index in [-0.39, 0.29) is 5.91 Å². The SMILES string of the molecule is CSc1ccc(CC(=O)Nc2cc(C)nn2-c2nc3cc4c(cc3s2)CCCC4)cc1. The zero-order valence-corrected chi connectivity index (χ0v) is 19.3. The van der Waals surface area contributed by atoms with Gasteiger partial charge in [0.2, 0.25) is 11.0 Å². The average Bonchev–Trinajstić information content (AvgIpc) is 3.34. The van der Waals surface area contributed by atoms with Crippen molar-refractivity contribution < 1.29 is 4.79 Å². The molecule has 2 heterocycles. The van der Waals surface area contributed by atoms with Crippen LogP contribution in [0.4, 0.5) is 5.82 Å². The molecule has 0 saturated heterocycles. The number of hydrogen-bond acceptors (Lipinski definition) is 5. The van der Waals surface area contributed by atoms with E-state index >= 15 is 0 Å². The van der Waals surface area contributed by atoms with Crippen LogP contribution in [-0.2, 0) is 24.1 Å². The van der Waals surface area contributed by atoms with Crippen molar-refractivity contribution in [3.63, 3.8) is 0 Å². The molecule has 2 aromatic heterocycles. The van der Waals surface area contributed by atoms with Crippen LogP contribution in [0.15, 0.2) is 47.4 Å². The molecule has 0 bridgehead atoms. The van der Waals surface area contributed by atoms with Gasteiger partial charge in [0.25, 0.3) is 0 Å². The summed E-state index contributed by atoms with van der Waals surface area (Å²) in [5.74, 6) is 0.599. The van der Waals surface area contributed by atoms with Crippen LogP contribution in [0, 0.1) is 6.92 Å². The van der Waals surface area contributed by atoms with E-state index in [4.69, 9.17) is 4.98 Å². The van der Waals surface area contributed by atoms with Gasteiger partial charge in [0.15, 0.2) is 0 Å². The van der Waals surface area contributed by atoms with Crippen molar-refractivity contribution in [3.8, 4) is 5.13 Å². The zero-order chi connectivity index (χ0) is 21.4. The van der Waals surface area contributed by atoms with Gasteiger partial charge in [0.1, 0.15) is 5.82 Å². The Morgan fingerprint density at radius 1 is 1.13 bits per heavy atom. The van der Waals surface area contributed by atoms with Crippen LogP contribution in [-0.4, -0.2) is 26.9 Å². The van der Waals surface area contributed by atoms with E-state index in [0.717, 1.165) is 34.7 Å². The number of nitrogens with zero attached hydrogens (tertiary/aromatic N) is 3. The predicted octanol–water partition coefficient (Wildman–Crippen LogP) is 5.57. The Labute approximate surface area is 189 Å². The van der Waals surface area contributed by atoms with Crippen molar-refractivity contribution in [2.24, 2.45) is 0 Å². The molecule has 0 unspecified atom stereocenters. The summed E-state index contributed by atoms with van der Waals surface area (Å²) >= 11 is 3.31. The minimum Gasteiger partial charge on any atom is -0.310 e. The molecular formula is C24H24N4OS2. The topological polar surface area (TPSA) is 59.8 Å². The molecule has 5 nitrogen and oxygen atoms in total. The van der Waals surface area contributed by atoms with Crippen LogP contribution < -0.4 is 5.32 Å². The van der Waals surface area contributed by atoms with E-state index in [1.807, 2.05) is 43.5 Å². The highest BCUT2D eigenvalue weighted by Gasteiger charge is 2.17. The highest BCUT2D eigenvalue weighted by atomic mass is 32.2. The highest BCUT2D eigenvalue weighted by Crippen LogP contribution is 2.32. The summed E-state index contributed by atoms with van der Waals surface area (Å²) in [6.07, 6.45) is 7.17. The first kappa shape index (κ1) is 20.3. The third kappa shape index (κ3) is 4.25. The second-order valence-electron chi connectivity index (χ2n) is 7.95. The Morgan fingerprint density at radius 3 is 2.61 bits per heavy atom. The molecule has 0 aliphatic heterocycles. The van der Waals surface area contributed by atoms with Crippen LogP contribution in [0.5, 0.6) is 0 Å². The Kier molecular flexibility index (Phi) is 5.54. The van der Waals surface area contributed by atoms with E-state index in [1.54, 1.807) is 27.8 Å². The Morgan fingerprint density at radius 2 is 1.87 bits per heavy atom. The number of aryl methyl sites for hydroxylation is 3. The molecule has 0 fully saturated rings. The normalized spacial score (nSPS) is 13.4. The van der Waals surface area contributed by atoms with Crippen molar-refractivity contribution >= 4 is 45.0 Å². The third-order valence-electron chi connectivity index (χ3n) is 5.64. The molecule has 1 N–H and O–H groups in total. The van der Waals surface area contributed by atoms with E-state index < -0.39 is 0 Å². The number of hydrogen-bond donors (Lipinski definition) is 1. The Balaban J connectivity index is 1.40. The molecular weight excluding hydrogens is 424 g/mol. The first-order valence-electron chi connectivity index (χ1n) is 10.5. The van der Waals surface area contributed by atoms with E-state index in [1.165, 1.54) is 33.6 Å². The quantitative estimate of drug-likeness (QED) is 0.405. The zero-order valence-electron chi connectivity index (χ0n) is 17.6. The maximum absolute atomic E-state index is 12.7. The van der Waals surface area contributed by atoms with E-state index in [9.17, 15) is 4.79 Å². The number of carbonyl (C=O) groups is 1. The summed E-state index contributed by atoms with van der Waals surface area (Å²) in [5, 5.41) is 8.42. The number of carbonyl (C=O) groups excluding carboxylic acids is 1. The third-order valence-corrected chi connectivity index (χ3v) is 7.38. The van der Waals surface area contributed by atoms with Gasteiger partial charge in [0, 0.05) is 11.0 Å². The van der Waals surface area contributed by atoms with Crippen molar-refractivity contribution in [1.82, 2.24) is 14.8 Å². The number of amides is 1. The van der Waals surface area contributed by atoms with Crippen LogP contribution >= 0.6 is 23.1 Å². The van der Waals surface area contributed by atoms with Crippen LogP contribution in [0.3, 0.4) is 0 Å². The highest BCUT2D eigenvalue weighted by molar-refractivity contribution is 7.98. The molecule has 0 radical (unpaired) electrons. The number of aromatic nitrogens is 3. The molecule has 7 heteroatoms.